The summed E-state index contributed by atoms with van der Waals surface area (Å²) in [6.45, 7) is 0. The number of hydrogen-bond acceptors (Lipinski definition) is 4. The van der Waals surface area contributed by atoms with Gasteiger partial charge in [0.15, 0.2) is 0 Å². The van der Waals surface area contributed by atoms with E-state index in [0.717, 1.165) is 31.4 Å². The van der Waals surface area contributed by atoms with Gasteiger partial charge in [-0.05, 0) is 71.6 Å². The topological polar surface area (TPSA) is 87.3 Å². The molecule has 0 fully saturated rings. The minimum Gasteiger partial charge on any atom is -0.325 e. The predicted molar refractivity (Wildman–Crippen MR) is 174 cm³/mol. The third kappa shape index (κ3) is 7.75. The average Bonchev–Trinajstić information content (AvgIpc) is 3.02. The Bertz CT molecular complexity index is 1750. The molecule has 0 saturated heterocycles. The van der Waals surface area contributed by atoms with Crippen LogP contribution in [0.3, 0.4) is 0 Å². The van der Waals surface area contributed by atoms with Crippen LogP contribution in [-0.4, -0.2) is 23.5 Å². The molecule has 6 nitrogen and oxygen atoms in total. The standard InChI is InChI=1S/C34H26BrN3O3S/c35-26-15-13-23(14-16-26)21-31(38-33(40)25-8-2-1-3-9-25)34(41)36-27-17-19-28(20-18-27)42-22-32(39)37-30-12-6-10-24-7-4-5-11-29(24)30/h1-21H,22H2,(H,36,41)(H,37,39)(H,38,40)/b31-21-. The van der Waals surface area contributed by atoms with Crippen molar-refractivity contribution in [2.45, 2.75) is 4.90 Å². The number of thioether (sulfide) groups is 1. The molecular weight excluding hydrogens is 610 g/mol. The summed E-state index contributed by atoms with van der Waals surface area (Å²) in [5.41, 5.74) is 2.64. The molecule has 0 radical (unpaired) electrons. The van der Waals surface area contributed by atoms with Crippen LogP contribution in [0, 0.1) is 0 Å². The van der Waals surface area contributed by atoms with Gasteiger partial charge < -0.3 is 16.0 Å². The Morgan fingerprint density at radius 3 is 2.17 bits per heavy atom. The molecule has 5 aromatic carbocycles. The quantitative estimate of drug-likeness (QED) is 0.114. The second-order valence-electron chi connectivity index (χ2n) is 9.27. The van der Waals surface area contributed by atoms with Crippen molar-refractivity contribution in [3.63, 3.8) is 0 Å². The van der Waals surface area contributed by atoms with Gasteiger partial charge in [0.2, 0.25) is 5.91 Å². The summed E-state index contributed by atoms with van der Waals surface area (Å²) in [7, 11) is 0. The average molecular weight is 637 g/mol. The molecule has 3 amide bonds. The minimum absolute atomic E-state index is 0.106. The van der Waals surface area contributed by atoms with Gasteiger partial charge in [0.1, 0.15) is 5.70 Å². The fourth-order valence-electron chi connectivity index (χ4n) is 4.17. The van der Waals surface area contributed by atoms with Crippen LogP contribution in [-0.2, 0) is 9.59 Å². The van der Waals surface area contributed by atoms with E-state index in [-0.39, 0.29) is 23.3 Å². The van der Waals surface area contributed by atoms with Gasteiger partial charge in [-0.1, -0.05) is 82.7 Å². The highest BCUT2D eigenvalue weighted by molar-refractivity contribution is 9.10. The van der Waals surface area contributed by atoms with Crippen LogP contribution in [0.15, 0.2) is 136 Å². The highest BCUT2D eigenvalue weighted by Crippen LogP contribution is 2.25. The fourth-order valence-corrected chi connectivity index (χ4v) is 5.13. The molecule has 0 bridgehead atoms. The Hall–Kier alpha value is -4.66. The van der Waals surface area contributed by atoms with E-state index < -0.39 is 5.91 Å². The van der Waals surface area contributed by atoms with Crippen LogP contribution in [0.1, 0.15) is 15.9 Å². The first-order chi connectivity index (χ1) is 20.4. The van der Waals surface area contributed by atoms with Crippen molar-refractivity contribution in [1.82, 2.24) is 5.32 Å². The van der Waals surface area contributed by atoms with Crippen molar-refractivity contribution in [2.24, 2.45) is 0 Å². The SMILES string of the molecule is O=C(CSc1ccc(NC(=O)/C(=C/c2ccc(Br)cc2)NC(=O)c2ccccc2)cc1)Nc1cccc2ccccc12. The number of nitrogens with one attached hydrogen (secondary N) is 3. The van der Waals surface area contributed by atoms with Crippen LogP contribution >= 0.6 is 27.7 Å². The first-order valence-electron chi connectivity index (χ1n) is 13.1. The number of fused-ring (bicyclic) bond motifs is 1. The highest BCUT2D eigenvalue weighted by atomic mass is 79.9. The van der Waals surface area contributed by atoms with E-state index in [2.05, 4.69) is 31.9 Å². The molecular formula is C34H26BrN3O3S. The van der Waals surface area contributed by atoms with Gasteiger partial charge >= 0.3 is 0 Å². The number of carbonyl (C=O) groups excluding carboxylic acids is 3. The fraction of sp³-hybridized carbons (Fsp3) is 0.0294. The molecule has 0 unspecified atom stereocenters. The summed E-state index contributed by atoms with van der Waals surface area (Å²) >= 11 is 4.81. The zero-order chi connectivity index (χ0) is 29.3. The van der Waals surface area contributed by atoms with Gasteiger partial charge in [0.05, 0.1) is 5.75 Å². The van der Waals surface area contributed by atoms with E-state index in [1.807, 2.05) is 84.9 Å². The van der Waals surface area contributed by atoms with Gasteiger partial charge in [0, 0.05) is 31.7 Å². The molecule has 42 heavy (non-hydrogen) atoms. The Morgan fingerprint density at radius 2 is 1.40 bits per heavy atom. The molecule has 0 saturated carbocycles. The van der Waals surface area contributed by atoms with E-state index in [1.54, 1.807) is 42.5 Å². The summed E-state index contributed by atoms with van der Waals surface area (Å²) in [6.07, 6.45) is 1.63. The number of hydrogen-bond donors (Lipinski definition) is 3. The van der Waals surface area contributed by atoms with Crippen molar-refractivity contribution in [2.75, 3.05) is 16.4 Å². The van der Waals surface area contributed by atoms with Crippen LogP contribution in [0.5, 0.6) is 0 Å². The van der Waals surface area contributed by atoms with E-state index >= 15 is 0 Å². The predicted octanol–water partition coefficient (Wildman–Crippen LogP) is 7.74. The molecule has 0 atom stereocenters. The van der Waals surface area contributed by atoms with Crippen LogP contribution in [0.4, 0.5) is 11.4 Å². The Labute approximate surface area is 256 Å². The molecule has 5 aromatic rings. The monoisotopic (exact) mass is 635 g/mol. The first-order valence-corrected chi connectivity index (χ1v) is 14.9. The third-order valence-corrected chi connectivity index (χ3v) is 7.80. The number of anilines is 2. The van der Waals surface area contributed by atoms with E-state index in [9.17, 15) is 14.4 Å². The number of amides is 3. The van der Waals surface area contributed by atoms with E-state index in [0.29, 0.717) is 11.3 Å². The zero-order valence-corrected chi connectivity index (χ0v) is 24.7. The number of benzene rings is 5. The molecule has 8 heteroatoms. The summed E-state index contributed by atoms with van der Waals surface area (Å²) in [4.78, 5) is 39.6. The molecule has 0 aliphatic rings. The molecule has 0 aliphatic heterocycles. The first kappa shape index (κ1) is 28.9. The van der Waals surface area contributed by atoms with Crippen molar-refractivity contribution in [3.8, 4) is 0 Å². The van der Waals surface area contributed by atoms with Crippen molar-refractivity contribution >= 4 is 73.6 Å². The lowest BCUT2D eigenvalue weighted by Crippen LogP contribution is -2.30. The maximum atomic E-state index is 13.3. The van der Waals surface area contributed by atoms with Crippen molar-refractivity contribution < 1.29 is 14.4 Å². The van der Waals surface area contributed by atoms with Crippen LogP contribution in [0.2, 0.25) is 0 Å². The van der Waals surface area contributed by atoms with Gasteiger partial charge in [-0.25, -0.2) is 0 Å². The number of rotatable bonds is 9. The van der Waals surface area contributed by atoms with Crippen LogP contribution < -0.4 is 16.0 Å². The molecule has 0 aliphatic carbocycles. The molecule has 3 N–H and O–H groups in total. The Kier molecular flexibility index (Phi) is 9.48. The lowest BCUT2D eigenvalue weighted by atomic mass is 10.1. The van der Waals surface area contributed by atoms with Gasteiger partial charge in [0.25, 0.3) is 11.8 Å². The van der Waals surface area contributed by atoms with Gasteiger partial charge in [-0.2, -0.15) is 0 Å². The smallest absolute Gasteiger partial charge is 0.272 e. The Balaban J connectivity index is 1.22. The van der Waals surface area contributed by atoms with Gasteiger partial charge in [-0.15, -0.1) is 11.8 Å². The van der Waals surface area contributed by atoms with Crippen molar-refractivity contribution in [1.29, 1.82) is 0 Å². The Morgan fingerprint density at radius 1 is 0.714 bits per heavy atom. The molecule has 0 heterocycles. The second kappa shape index (κ2) is 13.8. The highest BCUT2D eigenvalue weighted by Gasteiger charge is 2.15. The third-order valence-electron chi connectivity index (χ3n) is 6.26. The summed E-state index contributed by atoms with van der Waals surface area (Å²) in [5.74, 6) is -0.717. The van der Waals surface area contributed by atoms with E-state index in [4.69, 9.17) is 0 Å². The summed E-state index contributed by atoms with van der Waals surface area (Å²) < 4.78 is 0.906. The molecule has 0 aromatic heterocycles. The zero-order valence-electron chi connectivity index (χ0n) is 22.3. The summed E-state index contributed by atoms with van der Waals surface area (Å²) in [5, 5.41) is 10.6. The maximum Gasteiger partial charge on any atom is 0.272 e. The minimum atomic E-state index is -0.461. The molecule has 5 rings (SSSR count). The van der Waals surface area contributed by atoms with Crippen LogP contribution in [0.25, 0.3) is 16.8 Å². The molecule has 208 valence electrons. The molecule has 0 spiro atoms. The van der Waals surface area contributed by atoms with Crippen molar-refractivity contribution in [3.05, 3.63) is 143 Å². The maximum absolute atomic E-state index is 13.3. The summed E-state index contributed by atoms with van der Waals surface area (Å²) in [6, 6.07) is 37.1. The van der Waals surface area contributed by atoms with Gasteiger partial charge in [-0.3, -0.25) is 14.4 Å². The number of halogens is 1. The second-order valence-corrected chi connectivity index (χ2v) is 11.2. The lowest BCUT2D eigenvalue weighted by molar-refractivity contribution is -0.114. The van der Waals surface area contributed by atoms with E-state index in [1.165, 1.54) is 11.8 Å². The largest absolute Gasteiger partial charge is 0.325 e. The lowest BCUT2D eigenvalue weighted by Gasteiger charge is -2.12. The number of carbonyl (C=O) groups is 3. The normalized spacial score (nSPS) is 11.1.